The third-order valence-electron chi connectivity index (χ3n) is 1.71. The van der Waals surface area contributed by atoms with Gasteiger partial charge in [0, 0.05) is 0 Å². The molecule has 0 spiro atoms. The molecule has 0 aromatic heterocycles. The molecule has 0 heterocycles. The molecule has 0 bridgehead atoms. The van der Waals surface area contributed by atoms with Crippen molar-refractivity contribution in [3.8, 4) is 12.3 Å². The first-order chi connectivity index (χ1) is 5.48. The number of rotatable bonds is 5. The summed E-state index contributed by atoms with van der Waals surface area (Å²) in [5, 5.41) is 3.30. The second-order valence-electron chi connectivity index (χ2n) is 3.85. The van der Waals surface area contributed by atoms with Crippen molar-refractivity contribution in [3.63, 3.8) is 0 Å². The van der Waals surface area contributed by atoms with Crippen LogP contribution in [0.15, 0.2) is 0 Å². The number of nitrogens with one attached hydrogen (secondary N) is 1. The molecule has 70 valence electrons. The molecular formula is C10H20N2. The lowest BCUT2D eigenvalue weighted by molar-refractivity contribution is 0.381. The molecule has 0 saturated carbocycles. The highest BCUT2D eigenvalue weighted by Crippen LogP contribution is 1.98. The van der Waals surface area contributed by atoms with Gasteiger partial charge >= 0.3 is 0 Å². The minimum atomic E-state index is -0.160. The van der Waals surface area contributed by atoms with Crippen molar-refractivity contribution in [2.24, 2.45) is 0 Å². The van der Waals surface area contributed by atoms with Crippen LogP contribution in [-0.4, -0.2) is 37.6 Å². The molecule has 0 aliphatic rings. The maximum Gasteiger partial charge on any atom is 0.0741 e. The quantitative estimate of drug-likeness (QED) is 0.485. The minimum Gasteiger partial charge on any atom is -0.309 e. The van der Waals surface area contributed by atoms with Gasteiger partial charge in [0.05, 0.1) is 5.54 Å². The third kappa shape index (κ3) is 6.21. The zero-order valence-electron chi connectivity index (χ0n) is 8.65. The van der Waals surface area contributed by atoms with E-state index in [0.717, 1.165) is 19.5 Å². The van der Waals surface area contributed by atoms with Gasteiger partial charge in [-0.2, -0.15) is 0 Å². The van der Waals surface area contributed by atoms with E-state index in [1.807, 2.05) is 13.8 Å². The largest absolute Gasteiger partial charge is 0.309 e. The summed E-state index contributed by atoms with van der Waals surface area (Å²) in [4.78, 5) is 2.17. The van der Waals surface area contributed by atoms with E-state index in [0.29, 0.717) is 0 Å². The van der Waals surface area contributed by atoms with Crippen molar-refractivity contribution < 1.29 is 0 Å². The summed E-state index contributed by atoms with van der Waals surface area (Å²) in [6.45, 7) is 6.12. The highest BCUT2D eigenvalue weighted by Gasteiger charge is 2.10. The van der Waals surface area contributed by atoms with Gasteiger partial charge in [0.15, 0.2) is 0 Å². The highest BCUT2D eigenvalue weighted by molar-refractivity contribution is 5.07. The molecule has 0 unspecified atom stereocenters. The van der Waals surface area contributed by atoms with Crippen LogP contribution in [0.4, 0.5) is 0 Å². The summed E-state index contributed by atoms with van der Waals surface area (Å²) >= 11 is 0. The second kappa shape index (κ2) is 5.18. The molecule has 0 amide bonds. The summed E-state index contributed by atoms with van der Waals surface area (Å²) in [7, 11) is 4.15. The van der Waals surface area contributed by atoms with E-state index in [1.54, 1.807) is 0 Å². The zero-order chi connectivity index (χ0) is 9.61. The molecule has 0 saturated heterocycles. The number of hydrogen-bond acceptors (Lipinski definition) is 2. The first kappa shape index (κ1) is 11.5. The van der Waals surface area contributed by atoms with Crippen LogP contribution in [0.25, 0.3) is 0 Å². The van der Waals surface area contributed by atoms with Crippen LogP contribution in [0.3, 0.4) is 0 Å². The molecule has 0 fully saturated rings. The Kier molecular flexibility index (Phi) is 4.96. The Morgan fingerprint density at radius 1 is 1.42 bits per heavy atom. The standard InChI is InChI=1S/C10H20N2/c1-6-10(2,3)11-8-7-9-12(4)5/h1,11H,7-9H2,2-5H3. The van der Waals surface area contributed by atoms with Gasteiger partial charge in [-0.25, -0.2) is 0 Å². The van der Waals surface area contributed by atoms with Gasteiger partial charge in [-0.3, -0.25) is 0 Å². The van der Waals surface area contributed by atoms with Gasteiger partial charge in [-0.1, -0.05) is 5.92 Å². The van der Waals surface area contributed by atoms with Crippen molar-refractivity contribution in [2.45, 2.75) is 25.8 Å². The molecule has 0 atom stereocenters. The SMILES string of the molecule is C#CC(C)(C)NCCCN(C)C. The first-order valence-electron chi connectivity index (χ1n) is 4.35. The molecule has 0 radical (unpaired) electrons. The lowest BCUT2D eigenvalue weighted by atomic mass is 10.1. The van der Waals surface area contributed by atoms with Crippen LogP contribution in [0.5, 0.6) is 0 Å². The average Bonchev–Trinajstić information content (AvgIpc) is 1.98. The van der Waals surface area contributed by atoms with Crippen LogP contribution in [0.1, 0.15) is 20.3 Å². The van der Waals surface area contributed by atoms with E-state index in [2.05, 4.69) is 30.2 Å². The van der Waals surface area contributed by atoms with Crippen LogP contribution in [-0.2, 0) is 0 Å². The van der Waals surface area contributed by atoms with E-state index in [9.17, 15) is 0 Å². The second-order valence-corrected chi connectivity index (χ2v) is 3.85. The molecule has 0 aromatic carbocycles. The van der Waals surface area contributed by atoms with Gasteiger partial charge in [-0.05, 0) is 47.5 Å². The Balaban J connectivity index is 3.39. The highest BCUT2D eigenvalue weighted by atomic mass is 15.1. The number of hydrogen-bond donors (Lipinski definition) is 1. The molecule has 0 aliphatic carbocycles. The number of nitrogens with zero attached hydrogens (tertiary/aromatic N) is 1. The van der Waals surface area contributed by atoms with E-state index >= 15 is 0 Å². The van der Waals surface area contributed by atoms with Gasteiger partial charge in [0.25, 0.3) is 0 Å². The predicted octanol–water partition coefficient (Wildman–Crippen LogP) is 0.940. The van der Waals surface area contributed by atoms with Crippen LogP contribution in [0, 0.1) is 12.3 Å². The van der Waals surface area contributed by atoms with Crippen LogP contribution < -0.4 is 5.32 Å². The first-order valence-corrected chi connectivity index (χ1v) is 4.35. The van der Waals surface area contributed by atoms with E-state index in [1.165, 1.54) is 0 Å². The molecule has 1 N–H and O–H groups in total. The molecule has 0 aliphatic heterocycles. The van der Waals surface area contributed by atoms with Crippen molar-refractivity contribution in [3.05, 3.63) is 0 Å². The molecule has 0 aromatic rings. The fourth-order valence-electron chi connectivity index (χ4n) is 0.847. The van der Waals surface area contributed by atoms with E-state index in [4.69, 9.17) is 6.42 Å². The van der Waals surface area contributed by atoms with Crippen molar-refractivity contribution in [1.29, 1.82) is 0 Å². The average molecular weight is 168 g/mol. The van der Waals surface area contributed by atoms with E-state index in [-0.39, 0.29) is 5.54 Å². The maximum absolute atomic E-state index is 5.33. The summed E-state index contributed by atoms with van der Waals surface area (Å²) in [6.07, 6.45) is 6.46. The lowest BCUT2D eigenvalue weighted by Crippen LogP contribution is -2.38. The van der Waals surface area contributed by atoms with Crippen LogP contribution in [0.2, 0.25) is 0 Å². The zero-order valence-corrected chi connectivity index (χ0v) is 8.65. The summed E-state index contributed by atoms with van der Waals surface area (Å²) in [6, 6.07) is 0. The Labute approximate surface area is 76.3 Å². The van der Waals surface area contributed by atoms with Crippen molar-refractivity contribution in [1.82, 2.24) is 10.2 Å². The number of terminal acetylenes is 1. The predicted molar refractivity (Wildman–Crippen MR) is 54.1 cm³/mol. The lowest BCUT2D eigenvalue weighted by Gasteiger charge is -2.20. The van der Waals surface area contributed by atoms with Gasteiger partial charge < -0.3 is 10.2 Å². The Hall–Kier alpha value is -0.520. The topological polar surface area (TPSA) is 15.3 Å². The molecular weight excluding hydrogens is 148 g/mol. The molecule has 12 heavy (non-hydrogen) atoms. The van der Waals surface area contributed by atoms with Crippen LogP contribution >= 0.6 is 0 Å². The maximum atomic E-state index is 5.33. The molecule has 2 heteroatoms. The normalized spacial score (nSPS) is 11.7. The monoisotopic (exact) mass is 168 g/mol. The van der Waals surface area contributed by atoms with Gasteiger partial charge in [0.1, 0.15) is 0 Å². The summed E-state index contributed by atoms with van der Waals surface area (Å²) < 4.78 is 0. The van der Waals surface area contributed by atoms with E-state index < -0.39 is 0 Å². The Morgan fingerprint density at radius 3 is 2.42 bits per heavy atom. The smallest absolute Gasteiger partial charge is 0.0741 e. The summed E-state index contributed by atoms with van der Waals surface area (Å²) in [5.74, 6) is 2.70. The van der Waals surface area contributed by atoms with Crippen molar-refractivity contribution >= 4 is 0 Å². The fourth-order valence-corrected chi connectivity index (χ4v) is 0.847. The molecule has 0 rings (SSSR count). The minimum absolute atomic E-state index is 0.160. The Morgan fingerprint density at radius 2 is 2.00 bits per heavy atom. The Bertz CT molecular complexity index is 154. The third-order valence-corrected chi connectivity index (χ3v) is 1.71. The summed E-state index contributed by atoms with van der Waals surface area (Å²) in [5.41, 5.74) is -0.160. The van der Waals surface area contributed by atoms with Crippen molar-refractivity contribution in [2.75, 3.05) is 27.2 Å². The van der Waals surface area contributed by atoms with Gasteiger partial charge in [0.2, 0.25) is 0 Å². The fraction of sp³-hybridized carbons (Fsp3) is 0.800. The molecule has 2 nitrogen and oxygen atoms in total. The van der Waals surface area contributed by atoms with Gasteiger partial charge in [-0.15, -0.1) is 6.42 Å².